The Morgan fingerprint density at radius 3 is 2.78 bits per heavy atom. The molecule has 0 atom stereocenters. The Labute approximate surface area is 110 Å². The molecule has 0 saturated heterocycles. The van der Waals surface area contributed by atoms with Crippen LogP contribution in [0.1, 0.15) is 5.56 Å². The van der Waals surface area contributed by atoms with Gasteiger partial charge in [0.05, 0.1) is 17.2 Å². The standard InChI is InChI=1S/C14H12N2OS/c15-11-12-5-1-2-6-13(12)17-9-10-18-14-7-3-4-8-16-14/h1-8H,9-10H2. The van der Waals surface area contributed by atoms with Crippen LogP contribution in [-0.2, 0) is 0 Å². The Morgan fingerprint density at radius 1 is 1.17 bits per heavy atom. The van der Waals surface area contributed by atoms with Gasteiger partial charge in [-0.05, 0) is 24.3 Å². The van der Waals surface area contributed by atoms with E-state index >= 15 is 0 Å². The van der Waals surface area contributed by atoms with Crippen molar-refractivity contribution in [2.75, 3.05) is 12.4 Å². The van der Waals surface area contributed by atoms with Crippen molar-refractivity contribution in [2.45, 2.75) is 5.03 Å². The minimum atomic E-state index is 0.555. The van der Waals surface area contributed by atoms with E-state index in [0.29, 0.717) is 17.9 Å². The van der Waals surface area contributed by atoms with Crippen LogP contribution in [0, 0.1) is 11.3 Å². The first kappa shape index (κ1) is 12.5. The van der Waals surface area contributed by atoms with Crippen molar-refractivity contribution in [2.24, 2.45) is 0 Å². The predicted octanol–water partition coefficient (Wildman–Crippen LogP) is 3.12. The largest absolute Gasteiger partial charge is 0.491 e. The van der Waals surface area contributed by atoms with Crippen LogP contribution in [0.3, 0.4) is 0 Å². The van der Waals surface area contributed by atoms with Crippen LogP contribution in [0.15, 0.2) is 53.7 Å². The summed E-state index contributed by atoms with van der Waals surface area (Å²) in [6.45, 7) is 0.555. The van der Waals surface area contributed by atoms with E-state index < -0.39 is 0 Å². The molecule has 0 aliphatic heterocycles. The van der Waals surface area contributed by atoms with E-state index in [-0.39, 0.29) is 0 Å². The highest BCUT2D eigenvalue weighted by Gasteiger charge is 2.01. The summed E-state index contributed by atoms with van der Waals surface area (Å²) in [6, 6.07) is 15.2. The first-order valence-electron chi connectivity index (χ1n) is 5.56. The van der Waals surface area contributed by atoms with Crippen LogP contribution in [0.5, 0.6) is 5.75 Å². The molecule has 2 aromatic rings. The lowest BCUT2D eigenvalue weighted by atomic mass is 10.2. The Hall–Kier alpha value is -1.99. The molecule has 1 heterocycles. The summed E-state index contributed by atoms with van der Waals surface area (Å²) in [5.41, 5.74) is 0.570. The number of hydrogen-bond donors (Lipinski definition) is 0. The van der Waals surface area contributed by atoms with E-state index in [0.717, 1.165) is 10.8 Å². The van der Waals surface area contributed by atoms with E-state index in [1.54, 1.807) is 24.0 Å². The lowest BCUT2D eigenvalue weighted by Gasteiger charge is -2.06. The molecule has 3 nitrogen and oxygen atoms in total. The highest BCUT2D eigenvalue weighted by atomic mass is 32.2. The maximum atomic E-state index is 8.91. The molecule has 0 radical (unpaired) electrons. The van der Waals surface area contributed by atoms with Crippen LogP contribution < -0.4 is 4.74 Å². The summed E-state index contributed by atoms with van der Waals surface area (Å²) in [7, 11) is 0. The molecular weight excluding hydrogens is 244 g/mol. The Bertz CT molecular complexity index is 537. The molecule has 0 fully saturated rings. The molecule has 0 amide bonds. The van der Waals surface area contributed by atoms with Crippen molar-refractivity contribution in [1.29, 1.82) is 5.26 Å². The molecule has 0 unspecified atom stereocenters. The highest BCUT2D eigenvalue weighted by molar-refractivity contribution is 7.99. The average Bonchev–Trinajstić information content (AvgIpc) is 2.45. The molecular formula is C14H12N2OS. The number of para-hydroxylation sites is 1. The molecule has 0 aliphatic rings. The molecule has 1 aromatic carbocycles. The van der Waals surface area contributed by atoms with Gasteiger partial charge in [0.25, 0.3) is 0 Å². The lowest BCUT2D eigenvalue weighted by Crippen LogP contribution is -2.01. The summed E-state index contributed by atoms with van der Waals surface area (Å²) in [5, 5.41) is 9.89. The molecule has 90 valence electrons. The first-order chi connectivity index (χ1) is 8.90. The topological polar surface area (TPSA) is 45.9 Å². The van der Waals surface area contributed by atoms with E-state index in [1.807, 2.05) is 36.4 Å². The second kappa shape index (κ2) is 6.67. The summed E-state index contributed by atoms with van der Waals surface area (Å²) in [4.78, 5) is 4.21. The van der Waals surface area contributed by atoms with Crippen LogP contribution in [0.2, 0.25) is 0 Å². The van der Waals surface area contributed by atoms with E-state index in [9.17, 15) is 0 Å². The number of ether oxygens (including phenoxy) is 1. The maximum absolute atomic E-state index is 8.91. The Balaban J connectivity index is 1.81. The quantitative estimate of drug-likeness (QED) is 0.609. The zero-order valence-electron chi connectivity index (χ0n) is 9.74. The number of thioether (sulfide) groups is 1. The van der Waals surface area contributed by atoms with Crippen LogP contribution in [0.25, 0.3) is 0 Å². The molecule has 1 aromatic heterocycles. The molecule has 0 N–H and O–H groups in total. The molecule has 18 heavy (non-hydrogen) atoms. The number of pyridine rings is 1. The first-order valence-corrected chi connectivity index (χ1v) is 6.54. The van der Waals surface area contributed by atoms with Gasteiger partial charge in [-0.1, -0.05) is 18.2 Å². The Kier molecular flexibility index (Phi) is 4.62. The summed E-state index contributed by atoms with van der Waals surface area (Å²) in [6.07, 6.45) is 1.77. The fraction of sp³-hybridized carbons (Fsp3) is 0.143. The summed E-state index contributed by atoms with van der Waals surface area (Å²) >= 11 is 1.63. The molecule has 4 heteroatoms. The van der Waals surface area contributed by atoms with Crippen molar-refractivity contribution < 1.29 is 4.74 Å². The van der Waals surface area contributed by atoms with Gasteiger partial charge in [0.15, 0.2) is 0 Å². The number of benzene rings is 1. The third-order valence-electron chi connectivity index (χ3n) is 2.24. The number of aromatic nitrogens is 1. The zero-order chi connectivity index (χ0) is 12.6. The second-order valence-corrected chi connectivity index (χ2v) is 4.59. The van der Waals surface area contributed by atoms with E-state index in [1.165, 1.54) is 0 Å². The van der Waals surface area contributed by atoms with Crippen molar-refractivity contribution in [3.8, 4) is 11.8 Å². The number of hydrogen-bond acceptors (Lipinski definition) is 4. The molecule has 0 saturated carbocycles. The molecule has 0 spiro atoms. The fourth-order valence-electron chi connectivity index (χ4n) is 1.42. The van der Waals surface area contributed by atoms with Gasteiger partial charge in [0, 0.05) is 11.9 Å². The zero-order valence-corrected chi connectivity index (χ0v) is 10.6. The normalized spacial score (nSPS) is 9.72. The fourth-order valence-corrected chi connectivity index (χ4v) is 2.10. The van der Waals surface area contributed by atoms with Gasteiger partial charge < -0.3 is 4.74 Å². The van der Waals surface area contributed by atoms with Gasteiger partial charge in [-0.2, -0.15) is 5.26 Å². The van der Waals surface area contributed by atoms with Gasteiger partial charge in [0.1, 0.15) is 11.8 Å². The van der Waals surface area contributed by atoms with Crippen molar-refractivity contribution in [3.05, 3.63) is 54.2 Å². The van der Waals surface area contributed by atoms with Gasteiger partial charge in [0.2, 0.25) is 0 Å². The maximum Gasteiger partial charge on any atom is 0.137 e. The van der Waals surface area contributed by atoms with Crippen LogP contribution in [-0.4, -0.2) is 17.3 Å². The monoisotopic (exact) mass is 256 g/mol. The summed E-state index contributed by atoms with van der Waals surface area (Å²) in [5.74, 6) is 1.44. The molecule has 0 aliphatic carbocycles. The lowest BCUT2D eigenvalue weighted by molar-refractivity contribution is 0.343. The number of nitriles is 1. The van der Waals surface area contributed by atoms with Crippen LogP contribution >= 0.6 is 11.8 Å². The highest BCUT2D eigenvalue weighted by Crippen LogP contribution is 2.18. The molecule has 2 rings (SSSR count). The van der Waals surface area contributed by atoms with Gasteiger partial charge in [-0.15, -0.1) is 11.8 Å². The van der Waals surface area contributed by atoms with Gasteiger partial charge in [-0.3, -0.25) is 0 Å². The smallest absolute Gasteiger partial charge is 0.137 e. The van der Waals surface area contributed by atoms with Crippen molar-refractivity contribution >= 4 is 11.8 Å². The number of nitrogens with zero attached hydrogens (tertiary/aromatic N) is 2. The Morgan fingerprint density at radius 2 is 2.00 bits per heavy atom. The van der Waals surface area contributed by atoms with E-state index in [2.05, 4.69) is 11.1 Å². The minimum absolute atomic E-state index is 0.555. The van der Waals surface area contributed by atoms with Gasteiger partial charge >= 0.3 is 0 Å². The molecule has 0 bridgehead atoms. The summed E-state index contributed by atoms with van der Waals surface area (Å²) < 4.78 is 5.58. The van der Waals surface area contributed by atoms with Gasteiger partial charge in [-0.25, -0.2) is 4.98 Å². The number of rotatable bonds is 5. The van der Waals surface area contributed by atoms with Crippen molar-refractivity contribution in [1.82, 2.24) is 4.98 Å². The van der Waals surface area contributed by atoms with Crippen LogP contribution in [0.4, 0.5) is 0 Å². The predicted molar refractivity (Wildman–Crippen MR) is 71.6 cm³/mol. The third-order valence-corrected chi connectivity index (χ3v) is 3.14. The van der Waals surface area contributed by atoms with E-state index in [4.69, 9.17) is 10.00 Å². The third kappa shape index (κ3) is 3.51. The van der Waals surface area contributed by atoms with Crippen molar-refractivity contribution in [3.63, 3.8) is 0 Å². The minimum Gasteiger partial charge on any atom is -0.491 e. The average molecular weight is 256 g/mol. The SMILES string of the molecule is N#Cc1ccccc1OCCSc1ccccn1. The second-order valence-electron chi connectivity index (χ2n) is 3.47.